The highest BCUT2D eigenvalue weighted by atomic mass is 32.2. The zero-order chi connectivity index (χ0) is 23.7. The number of halogens is 2. The number of benzene rings is 2. The summed E-state index contributed by atoms with van der Waals surface area (Å²) >= 11 is -1.31. The van der Waals surface area contributed by atoms with Crippen LogP contribution in [-0.4, -0.2) is 13.9 Å². The molecule has 2 aromatic carbocycles. The molecule has 3 nitrogen and oxygen atoms in total. The number of hydrogen-bond donors (Lipinski definition) is 1. The molecule has 1 aromatic heterocycles. The van der Waals surface area contributed by atoms with E-state index in [9.17, 15) is 13.3 Å². The van der Waals surface area contributed by atoms with Crippen molar-refractivity contribution in [3.8, 4) is 11.1 Å². The van der Waals surface area contributed by atoms with Crippen molar-refractivity contribution in [3.63, 3.8) is 0 Å². The summed E-state index contributed by atoms with van der Waals surface area (Å²) in [5.74, 6) is -0.966. The van der Waals surface area contributed by atoms with Crippen LogP contribution in [0.4, 0.5) is 8.78 Å². The summed E-state index contributed by atoms with van der Waals surface area (Å²) < 4.78 is 46.4. The molecule has 0 amide bonds. The predicted molar refractivity (Wildman–Crippen MR) is 129 cm³/mol. The maximum Gasteiger partial charge on any atom is 0.136 e. The first-order chi connectivity index (χ1) is 14.9. The van der Waals surface area contributed by atoms with Gasteiger partial charge in [0.25, 0.3) is 0 Å². The van der Waals surface area contributed by atoms with Gasteiger partial charge in [-0.15, -0.1) is 4.72 Å². The van der Waals surface area contributed by atoms with Gasteiger partial charge in [0.1, 0.15) is 16.4 Å². The minimum atomic E-state index is -1.31. The third kappa shape index (κ3) is 5.80. The van der Waals surface area contributed by atoms with Gasteiger partial charge in [-0.25, -0.2) is 8.78 Å². The fraction of sp³-hybridized carbons (Fsp3) is 0.385. The molecule has 0 radical (unpaired) electrons. The van der Waals surface area contributed by atoms with Gasteiger partial charge in [0.2, 0.25) is 0 Å². The first-order valence-corrected chi connectivity index (χ1v) is 11.9. The molecule has 1 heterocycles. The van der Waals surface area contributed by atoms with E-state index >= 15 is 0 Å². The van der Waals surface area contributed by atoms with Crippen molar-refractivity contribution >= 4 is 11.4 Å². The molecule has 0 fully saturated rings. The van der Waals surface area contributed by atoms with Gasteiger partial charge in [0.15, 0.2) is 0 Å². The topological polar surface area (TPSA) is 40.0 Å². The van der Waals surface area contributed by atoms with E-state index in [4.69, 9.17) is 0 Å². The second-order valence-corrected chi connectivity index (χ2v) is 12.2. The van der Waals surface area contributed by atoms with Crippen molar-refractivity contribution in [1.82, 2.24) is 9.29 Å². The van der Waals surface area contributed by atoms with Crippen LogP contribution < -0.4 is 4.72 Å². The van der Waals surface area contributed by atoms with Crippen LogP contribution in [0.5, 0.6) is 0 Å². The molecule has 0 aliphatic carbocycles. The molecule has 2 atom stereocenters. The third-order valence-electron chi connectivity index (χ3n) is 5.31. The Labute approximate surface area is 193 Å². The molecule has 0 saturated carbocycles. The number of hydrogen-bond acceptors (Lipinski definition) is 2. The van der Waals surface area contributed by atoms with E-state index in [2.05, 4.69) is 25.5 Å². The molecule has 172 valence electrons. The van der Waals surface area contributed by atoms with Gasteiger partial charge >= 0.3 is 0 Å². The van der Waals surface area contributed by atoms with Gasteiger partial charge in [-0.1, -0.05) is 51.1 Å². The highest BCUT2D eigenvalue weighted by molar-refractivity contribution is 7.90. The fourth-order valence-corrected chi connectivity index (χ4v) is 4.56. The average molecular weight is 459 g/mol. The van der Waals surface area contributed by atoms with Crippen LogP contribution in [0.2, 0.25) is 0 Å². The Hall–Kier alpha value is -2.15. The lowest BCUT2D eigenvalue weighted by molar-refractivity contribution is 0.291. The second-order valence-electron chi connectivity index (χ2n) is 10.2. The fourth-order valence-electron chi connectivity index (χ4n) is 3.52. The maximum absolute atomic E-state index is 14.6. The SMILES string of the molecule is CC(C)(C)C(N[S@+]([O-])C(C)(C)C)c1cc(-c2cc(F)ccc2F)cn1Cc1ccccc1. The average Bonchev–Trinajstić information content (AvgIpc) is 3.09. The normalized spacial score (nSPS) is 14.4. The Morgan fingerprint density at radius 3 is 2.22 bits per heavy atom. The lowest BCUT2D eigenvalue weighted by Crippen LogP contribution is -2.45. The molecule has 0 aliphatic heterocycles. The molecule has 1 unspecified atom stereocenters. The zero-order valence-electron chi connectivity index (χ0n) is 19.6. The molecule has 0 bridgehead atoms. The minimum absolute atomic E-state index is 0.211. The minimum Gasteiger partial charge on any atom is -0.598 e. The Balaban J connectivity index is 2.13. The Kier molecular flexibility index (Phi) is 7.18. The number of aromatic nitrogens is 1. The van der Waals surface area contributed by atoms with Crippen LogP contribution in [0.1, 0.15) is 58.8 Å². The molecule has 0 saturated heterocycles. The van der Waals surface area contributed by atoms with E-state index < -0.39 is 27.7 Å². The van der Waals surface area contributed by atoms with Gasteiger partial charge in [0.05, 0.1) is 6.04 Å². The van der Waals surface area contributed by atoms with E-state index in [1.165, 1.54) is 6.07 Å². The van der Waals surface area contributed by atoms with Crippen molar-refractivity contribution in [1.29, 1.82) is 0 Å². The van der Waals surface area contributed by atoms with Crippen LogP contribution >= 0.6 is 0 Å². The first-order valence-electron chi connectivity index (χ1n) is 10.7. The number of nitrogens with one attached hydrogen (secondary N) is 1. The molecular formula is C26H32F2N2OS. The van der Waals surface area contributed by atoms with Crippen LogP contribution in [0.3, 0.4) is 0 Å². The van der Waals surface area contributed by atoms with Crippen LogP contribution in [0.15, 0.2) is 60.8 Å². The Morgan fingerprint density at radius 1 is 0.969 bits per heavy atom. The number of nitrogens with zero attached hydrogens (tertiary/aromatic N) is 1. The van der Waals surface area contributed by atoms with Crippen LogP contribution in [0.25, 0.3) is 11.1 Å². The zero-order valence-corrected chi connectivity index (χ0v) is 20.4. The van der Waals surface area contributed by atoms with E-state index in [1.54, 1.807) is 0 Å². The van der Waals surface area contributed by atoms with Crippen LogP contribution in [0, 0.1) is 17.0 Å². The predicted octanol–water partition coefficient (Wildman–Crippen LogP) is 6.62. The third-order valence-corrected chi connectivity index (χ3v) is 6.87. The summed E-state index contributed by atoms with van der Waals surface area (Å²) in [4.78, 5) is 0. The van der Waals surface area contributed by atoms with Crippen molar-refractivity contribution < 1.29 is 13.3 Å². The molecule has 6 heteroatoms. The molecular weight excluding hydrogens is 426 g/mol. The van der Waals surface area contributed by atoms with E-state index in [0.717, 1.165) is 23.4 Å². The van der Waals surface area contributed by atoms with Crippen LogP contribution in [-0.2, 0) is 17.9 Å². The van der Waals surface area contributed by atoms with E-state index in [1.807, 2.05) is 67.9 Å². The van der Waals surface area contributed by atoms with Crippen molar-refractivity contribution in [2.24, 2.45) is 5.41 Å². The quantitative estimate of drug-likeness (QED) is 0.422. The molecule has 3 rings (SSSR count). The number of rotatable bonds is 6. The van der Waals surface area contributed by atoms with Gasteiger partial charge in [0, 0.05) is 40.9 Å². The Morgan fingerprint density at radius 2 is 1.62 bits per heavy atom. The molecule has 3 aromatic rings. The van der Waals surface area contributed by atoms with Gasteiger partial charge in [-0.05, 0) is 56.0 Å². The second kappa shape index (κ2) is 9.38. The Bertz CT molecular complexity index is 1050. The standard InChI is InChI=1S/C26H32F2N2OS/c1-25(2,3)24(29-32(31)26(4,5)6)23-14-19(21-15-20(27)12-13-22(21)28)17-30(23)16-18-10-8-7-9-11-18/h7-15,17,24,29H,16H2,1-6H3/t24?,32-/m1/s1. The summed E-state index contributed by atoms with van der Waals surface area (Å²) in [6, 6.07) is 15.0. The van der Waals surface area contributed by atoms with Crippen molar-refractivity contribution in [2.45, 2.75) is 58.9 Å². The van der Waals surface area contributed by atoms with Crippen molar-refractivity contribution in [2.75, 3.05) is 0 Å². The summed E-state index contributed by atoms with van der Waals surface area (Å²) in [6.45, 7) is 12.6. The molecule has 0 aliphatic rings. The summed E-state index contributed by atoms with van der Waals surface area (Å²) in [5.41, 5.74) is 2.47. The van der Waals surface area contributed by atoms with Gasteiger partial charge in [-0.3, -0.25) is 0 Å². The molecule has 0 spiro atoms. The highest BCUT2D eigenvalue weighted by Crippen LogP contribution is 2.38. The first kappa shape index (κ1) is 24.5. The molecule has 1 N–H and O–H groups in total. The molecule has 32 heavy (non-hydrogen) atoms. The van der Waals surface area contributed by atoms with Gasteiger partial charge in [-0.2, -0.15) is 0 Å². The van der Waals surface area contributed by atoms with Gasteiger partial charge < -0.3 is 9.12 Å². The lowest BCUT2D eigenvalue weighted by Gasteiger charge is -2.35. The lowest BCUT2D eigenvalue weighted by atomic mass is 9.85. The summed E-state index contributed by atoms with van der Waals surface area (Å²) in [5, 5.41) is 0. The largest absolute Gasteiger partial charge is 0.598 e. The summed E-state index contributed by atoms with van der Waals surface area (Å²) in [6.07, 6.45) is 1.85. The summed E-state index contributed by atoms with van der Waals surface area (Å²) in [7, 11) is 0. The maximum atomic E-state index is 14.6. The highest BCUT2D eigenvalue weighted by Gasteiger charge is 2.37. The smallest absolute Gasteiger partial charge is 0.136 e. The van der Waals surface area contributed by atoms with E-state index in [0.29, 0.717) is 12.1 Å². The van der Waals surface area contributed by atoms with E-state index in [-0.39, 0.29) is 17.0 Å². The van der Waals surface area contributed by atoms with Crippen molar-refractivity contribution in [3.05, 3.63) is 83.7 Å². The monoisotopic (exact) mass is 458 g/mol.